The minimum absolute atomic E-state index is 0.393. The lowest BCUT2D eigenvalue weighted by molar-refractivity contribution is 1.06. The van der Waals surface area contributed by atoms with Crippen LogP contribution in [0.1, 0.15) is 11.1 Å². The number of rotatable bonds is 12. The normalized spacial score (nSPS) is 11.3. The molecule has 17 aromatic rings. The van der Waals surface area contributed by atoms with Crippen molar-refractivity contribution in [3.63, 3.8) is 0 Å². The molecule has 0 spiro atoms. The Morgan fingerprint density at radius 3 is 1.07 bits per heavy atom. The SMILES string of the molecule is N#Cc1ccc(-c2ccc(-n3c4ccccc4c4cc(-c5nc(-c6ccccc6)nc(-c6ccccc6)n5)ccc43)c(-c3nc(-c4ccccc4)nc(-c4ccc(C#N)cc4-n4c5ccccc5c5cc(-c6nc(-c7ccccc7)cc(-c7ccccc7)n6)ccc54)n3)c2)cc1. The predicted octanol–water partition coefficient (Wildman–Crippen LogP) is 19.5. The molecule has 5 aromatic heterocycles. The van der Waals surface area contributed by atoms with Crippen LogP contribution < -0.4 is 0 Å². The lowest BCUT2D eigenvalue weighted by Gasteiger charge is -2.18. The van der Waals surface area contributed by atoms with Crippen LogP contribution in [0.5, 0.6) is 0 Å². The van der Waals surface area contributed by atoms with Gasteiger partial charge in [-0.2, -0.15) is 10.5 Å². The number of hydrogen-bond acceptors (Lipinski definition) is 10. The van der Waals surface area contributed by atoms with Crippen LogP contribution in [0.25, 0.3) is 168 Å². The Morgan fingerprint density at radius 2 is 0.583 bits per heavy atom. The van der Waals surface area contributed by atoms with Crippen LogP contribution in [0.4, 0.5) is 0 Å². The Morgan fingerprint density at radius 1 is 0.219 bits per heavy atom. The fourth-order valence-corrected chi connectivity index (χ4v) is 12.9. The lowest BCUT2D eigenvalue weighted by Crippen LogP contribution is -2.06. The number of benzene rings is 12. The van der Waals surface area contributed by atoms with E-state index in [9.17, 15) is 10.5 Å². The number of para-hydroxylation sites is 2. The first-order valence-corrected chi connectivity index (χ1v) is 31.4. The molecule has 0 aliphatic heterocycles. The molecule has 0 amide bonds. The Labute approximate surface area is 551 Å². The molecule has 17 rings (SSSR count). The zero-order valence-electron chi connectivity index (χ0n) is 51.2. The fourth-order valence-electron chi connectivity index (χ4n) is 12.9. The van der Waals surface area contributed by atoms with Crippen molar-refractivity contribution in [1.82, 2.24) is 49.0 Å². The molecule has 0 unspecified atom stereocenters. The quantitative estimate of drug-likeness (QED) is 0.115. The van der Waals surface area contributed by atoms with Gasteiger partial charge in [0.15, 0.2) is 40.8 Å². The largest absolute Gasteiger partial charge is 0.309 e. The van der Waals surface area contributed by atoms with Gasteiger partial charge in [-0.25, -0.2) is 39.9 Å². The molecule has 0 aliphatic rings. The molecular weight excluding hydrogens is 1180 g/mol. The van der Waals surface area contributed by atoms with E-state index in [1.54, 1.807) is 0 Å². The average Bonchev–Trinajstić information content (AvgIpc) is 1.55. The van der Waals surface area contributed by atoms with E-state index < -0.39 is 0 Å². The molecule has 0 N–H and O–H groups in total. The second-order valence-corrected chi connectivity index (χ2v) is 23.3. The van der Waals surface area contributed by atoms with Crippen molar-refractivity contribution in [2.45, 2.75) is 0 Å². The molecule has 12 aromatic carbocycles. The maximum atomic E-state index is 10.8. The molecule has 0 saturated heterocycles. The summed E-state index contributed by atoms with van der Waals surface area (Å²) >= 11 is 0. The molecular formula is C84H50N12. The van der Waals surface area contributed by atoms with Crippen molar-refractivity contribution in [1.29, 1.82) is 10.5 Å². The van der Waals surface area contributed by atoms with Crippen molar-refractivity contribution >= 4 is 43.6 Å². The summed E-state index contributed by atoms with van der Waals surface area (Å²) < 4.78 is 4.49. The summed E-state index contributed by atoms with van der Waals surface area (Å²) in [6.45, 7) is 0. The lowest BCUT2D eigenvalue weighted by atomic mass is 10.00. The first-order valence-electron chi connectivity index (χ1n) is 31.4. The van der Waals surface area contributed by atoms with Crippen molar-refractivity contribution in [3.05, 3.63) is 314 Å². The Kier molecular flexibility index (Phi) is 14.0. The van der Waals surface area contributed by atoms with Gasteiger partial charge in [-0.15, -0.1) is 0 Å². The van der Waals surface area contributed by atoms with Gasteiger partial charge in [0, 0.05) is 71.6 Å². The number of hydrogen-bond donors (Lipinski definition) is 0. The van der Waals surface area contributed by atoms with Crippen molar-refractivity contribution in [2.75, 3.05) is 0 Å². The maximum absolute atomic E-state index is 10.8. The summed E-state index contributed by atoms with van der Waals surface area (Å²) in [7, 11) is 0. The summed E-state index contributed by atoms with van der Waals surface area (Å²) in [5.41, 5.74) is 17.3. The zero-order valence-corrected chi connectivity index (χ0v) is 51.2. The molecule has 0 bridgehead atoms. The number of fused-ring (bicyclic) bond motifs is 6. The highest BCUT2D eigenvalue weighted by atomic mass is 15.1. The third kappa shape index (κ3) is 10.2. The average molecular weight is 1230 g/mol. The van der Waals surface area contributed by atoms with Crippen LogP contribution in [0.3, 0.4) is 0 Å². The van der Waals surface area contributed by atoms with Crippen LogP contribution in [0, 0.1) is 22.7 Å². The minimum Gasteiger partial charge on any atom is -0.309 e. The van der Waals surface area contributed by atoms with Gasteiger partial charge in [-0.3, -0.25) is 0 Å². The van der Waals surface area contributed by atoms with Gasteiger partial charge in [0.2, 0.25) is 0 Å². The topological polar surface area (TPSA) is 161 Å². The fraction of sp³-hybridized carbons (Fsp3) is 0. The van der Waals surface area contributed by atoms with Crippen LogP contribution in [0.2, 0.25) is 0 Å². The monoisotopic (exact) mass is 1230 g/mol. The van der Waals surface area contributed by atoms with Crippen LogP contribution in [0.15, 0.2) is 303 Å². The standard InChI is InChI=1S/C84H50N12/c85-51-53-34-37-55(38-35-53)61-39-43-76(95-72-32-18-16-30-64(72)67-49-63(41-44-74(67)95)82-90-78(58-24-10-3-11-25-58)89-79(91-82)59-26-12-4-13-27-59)69(47-61)84-93-80(60-28-14-5-15-29-60)92-83(94-84)66-42-36-54(52-86)46-77(66)96-73-33-19-17-31-65(73)68-48-62(40-45-75(68)96)81-87-70(56-20-6-1-7-21-56)50-71(88-81)57-22-8-2-9-23-57/h1-50H. The van der Waals surface area contributed by atoms with E-state index in [4.69, 9.17) is 39.9 Å². The van der Waals surface area contributed by atoms with Gasteiger partial charge in [0.05, 0.1) is 68.1 Å². The summed E-state index contributed by atoms with van der Waals surface area (Å²) in [4.78, 5) is 42.1. The number of aromatic nitrogens is 10. The first kappa shape index (κ1) is 56.3. The predicted molar refractivity (Wildman–Crippen MR) is 381 cm³/mol. The number of nitrogens with zero attached hydrogens (tertiary/aromatic N) is 12. The Bertz CT molecular complexity index is 5840. The third-order valence-electron chi connectivity index (χ3n) is 17.5. The van der Waals surface area contributed by atoms with E-state index in [1.807, 2.05) is 188 Å². The maximum Gasteiger partial charge on any atom is 0.166 e. The van der Waals surface area contributed by atoms with Gasteiger partial charge >= 0.3 is 0 Å². The van der Waals surface area contributed by atoms with Gasteiger partial charge in [-0.05, 0) is 108 Å². The van der Waals surface area contributed by atoms with Crippen molar-refractivity contribution in [2.24, 2.45) is 0 Å². The van der Waals surface area contributed by atoms with Gasteiger partial charge < -0.3 is 9.13 Å². The van der Waals surface area contributed by atoms with E-state index in [0.717, 1.165) is 116 Å². The Balaban J connectivity index is 0.867. The summed E-state index contributed by atoms with van der Waals surface area (Å²) in [6.07, 6.45) is 0. The molecule has 0 radical (unpaired) electrons. The van der Waals surface area contributed by atoms with Gasteiger partial charge in [0.25, 0.3) is 0 Å². The highest BCUT2D eigenvalue weighted by Crippen LogP contribution is 2.43. The molecule has 0 fully saturated rings. The summed E-state index contributed by atoms with van der Waals surface area (Å²) in [5.74, 6) is 3.55. The highest BCUT2D eigenvalue weighted by molar-refractivity contribution is 6.12. The second-order valence-electron chi connectivity index (χ2n) is 23.3. The van der Waals surface area contributed by atoms with E-state index in [0.29, 0.717) is 63.1 Å². The summed E-state index contributed by atoms with van der Waals surface area (Å²) in [5, 5.41) is 24.6. The third-order valence-corrected chi connectivity index (χ3v) is 17.5. The van der Waals surface area contributed by atoms with Crippen LogP contribution in [-0.2, 0) is 0 Å². The molecule has 96 heavy (non-hydrogen) atoms. The Hall–Kier alpha value is -13.7. The first-order chi connectivity index (χ1) is 47.5. The number of nitriles is 2. The second kappa shape index (κ2) is 23.8. The van der Waals surface area contributed by atoms with Gasteiger partial charge in [-0.1, -0.05) is 206 Å². The van der Waals surface area contributed by atoms with E-state index in [-0.39, 0.29) is 0 Å². The molecule has 12 heteroatoms. The molecule has 446 valence electrons. The molecule has 0 saturated carbocycles. The van der Waals surface area contributed by atoms with Crippen molar-refractivity contribution in [3.8, 4) is 137 Å². The molecule has 12 nitrogen and oxygen atoms in total. The van der Waals surface area contributed by atoms with E-state index in [1.165, 1.54) is 0 Å². The summed E-state index contributed by atoms with van der Waals surface area (Å²) in [6, 6.07) is 106. The van der Waals surface area contributed by atoms with Crippen LogP contribution in [-0.4, -0.2) is 49.0 Å². The molecule has 0 aliphatic carbocycles. The van der Waals surface area contributed by atoms with Crippen molar-refractivity contribution < 1.29 is 0 Å². The molecule has 0 atom stereocenters. The van der Waals surface area contributed by atoms with Crippen LogP contribution >= 0.6 is 0 Å². The minimum atomic E-state index is 0.393. The highest BCUT2D eigenvalue weighted by Gasteiger charge is 2.25. The smallest absolute Gasteiger partial charge is 0.166 e. The zero-order chi connectivity index (χ0) is 64.1. The molecule has 5 heterocycles. The van der Waals surface area contributed by atoms with Gasteiger partial charge in [0.1, 0.15) is 0 Å². The van der Waals surface area contributed by atoms with E-state index >= 15 is 0 Å². The van der Waals surface area contributed by atoms with E-state index in [2.05, 4.69) is 137 Å².